The summed E-state index contributed by atoms with van der Waals surface area (Å²) in [6.45, 7) is 0.507. The van der Waals surface area contributed by atoms with Crippen LogP contribution in [0, 0.1) is 0 Å². The predicted molar refractivity (Wildman–Crippen MR) is 53.9 cm³/mol. The van der Waals surface area contributed by atoms with E-state index >= 15 is 0 Å². The molecule has 15 heavy (non-hydrogen) atoms. The van der Waals surface area contributed by atoms with E-state index in [0.717, 1.165) is 18.4 Å². The first-order valence-electron chi connectivity index (χ1n) is 5.17. The topological polar surface area (TPSA) is 62.6 Å². The molecule has 1 aliphatic heterocycles. The molecule has 0 aromatic carbocycles. The molecule has 82 valence electrons. The summed E-state index contributed by atoms with van der Waals surface area (Å²) in [6, 6.07) is 3.40. The first-order chi connectivity index (χ1) is 7.24. The Balaban J connectivity index is 2.26. The van der Waals surface area contributed by atoms with Gasteiger partial charge < -0.3 is 14.9 Å². The Hall–Kier alpha value is -0.970. The third kappa shape index (κ3) is 2.17. The number of hydrogen-bond acceptors (Lipinski definition) is 4. The summed E-state index contributed by atoms with van der Waals surface area (Å²) in [4.78, 5) is 4.10. The Bertz CT molecular complexity index is 334. The van der Waals surface area contributed by atoms with E-state index in [2.05, 4.69) is 4.98 Å². The molecule has 1 aromatic rings. The van der Waals surface area contributed by atoms with Gasteiger partial charge in [-0.15, -0.1) is 0 Å². The molecule has 0 aliphatic carbocycles. The number of aliphatic hydroxyl groups is 2. The fourth-order valence-corrected chi connectivity index (χ4v) is 1.77. The van der Waals surface area contributed by atoms with E-state index < -0.39 is 5.79 Å². The number of hydrogen-bond donors (Lipinski definition) is 2. The van der Waals surface area contributed by atoms with Crippen LogP contribution in [0.5, 0.6) is 0 Å². The number of aromatic nitrogens is 1. The quantitative estimate of drug-likeness (QED) is 0.760. The Morgan fingerprint density at radius 1 is 1.47 bits per heavy atom. The average molecular weight is 209 g/mol. The number of ether oxygens (including phenoxy) is 1. The van der Waals surface area contributed by atoms with Crippen LogP contribution in [0.15, 0.2) is 18.3 Å². The van der Waals surface area contributed by atoms with Crippen LogP contribution in [-0.4, -0.2) is 21.8 Å². The molecule has 0 radical (unpaired) electrons. The van der Waals surface area contributed by atoms with Crippen LogP contribution in [0.4, 0.5) is 0 Å². The number of nitrogens with zero attached hydrogens (tertiary/aromatic N) is 1. The third-order valence-electron chi connectivity index (χ3n) is 2.66. The van der Waals surface area contributed by atoms with Crippen LogP contribution in [0.25, 0.3) is 0 Å². The molecule has 4 heteroatoms. The maximum absolute atomic E-state index is 10.2. The molecule has 0 amide bonds. The molecule has 1 aliphatic rings. The van der Waals surface area contributed by atoms with Crippen LogP contribution in [-0.2, 0) is 17.1 Å². The van der Waals surface area contributed by atoms with Gasteiger partial charge in [0.05, 0.1) is 18.9 Å². The lowest BCUT2D eigenvalue weighted by Crippen LogP contribution is -2.34. The fraction of sp³-hybridized carbons (Fsp3) is 0.545. The lowest BCUT2D eigenvalue weighted by molar-refractivity contribution is -0.236. The van der Waals surface area contributed by atoms with Crippen molar-refractivity contribution in [1.29, 1.82) is 0 Å². The van der Waals surface area contributed by atoms with Crippen LogP contribution in [0.3, 0.4) is 0 Å². The van der Waals surface area contributed by atoms with Crippen molar-refractivity contribution in [2.45, 2.75) is 31.7 Å². The zero-order valence-corrected chi connectivity index (χ0v) is 8.52. The van der Waals surface area contributed by atoms with E-state index in [0.29, 0.717) is 18.7 Å². The van der Waals surface area contributed by atoms with E-state index in [1.54, 1.807) is 18.3 Å². The zero-order valence-electron chi connectivity index (χ0n) is 8.52. The summed E-state index contributed by atoms with van der Waals surface area (Å²) in [5.74, 6) is -1.26. The molecule has 0 spiro atoms. The predicted octanol–water partition coefficient (Wildman–Crippen LogP) is 0.919. The van der Waals surface area contributed by atoms with Crippen molar-refractivity contribution < 1.29 is 14.9 Å². The summed E-state index contributed by atoms with van der Waals surface area (Å²) >= 11 is 0. The Labute approximate surface area is 88.5 Å². The summed E-state index contributed by atoms with van der Waals surface area (Å²) in [6.07, 6.45) is 4.05. The normalized spacial score (nSPS) is 26.5. The summed E-state index contributed by atoms with van der Waals surface area (Å²) in [5.41, 5.74) is 1.23. The Morgan fingerprint density at radius 3 is 3.00 bits per heavy atom. The van der Waals surface area contributed by atoms with E-state index in [1.807, 2.05) is 0 Å². The van der Waals surface area contributed by atoms with Gasteiger partial charge in [0.1, 0.15) is 0 Å². The first-order valence-corrected chi connectivity index (χ1v) is 5.17. The molecule has 2 rings (SSSR count). The van der Waals surface area contributed by atoms with Crippen molar-refractivity contribution in [2.75, 3.05) is 6.61 Å². The molecular weight excluding hydrogens is 194 g/mol. The van der Waals surface area contributed by atoms with Gasteiger partial charge >= 0.3 is 0 Å². The molecule has 1 saturated heterocycles. The van der Waals surface area contributed by atoms with Crippen molar-refractivity contribution in [3.05, 3.63) is 29.6 Å². The number of aliphatic hydroxyl groups excluding tert-OH is 1. The van der Waals surface area contributed by atoms with Crippen LogP contribution in [0.1, 0.15) is 30.5 Å². The highest BCUT2D eigenvalue weighted by Crippen LogP contribution is 2.31. The minimum Gasteiger partial charge on any atom is -0.392 e. The second kappa shape index (κ2) is 4.26. The fourth-order valence-electron chi connectivity index (χ4n) is 1.77. The van der Waals surface area contributed by atoms with E-state index in [-0.39, 0.29) is 6.61 Å². The van der Waals surface area contributed by atoms with Gasteiger partial charge in [0, 0.05) is 12.6 Å². The van der Waals surface area contributed by atoms with Gasteiger partial charge in [-0.25, -0.2) is 0 Å². The van der Waals surface area contributed by atoms with Gasteiger partial charge in [-0.05, 0) is 30.5 Å². The van der Waals surface area contributed by atoms with Crippen molar-refractivity contribution in [1.82, 2.24) is 4.98 Å². The highest BCUT2D eigenvalue weighted by molar-refractivity contribution is 5.19. The smallest absolute Gasteiger partial charge is 0.209 e. The van der Waals surface area contributed by atoms with Crippen LogP contribution in [0.2, 0.25) is 0 Å². The standard InChI is InChI=1S/C11H15NO3/c13-8-9-3-5-12-10(7-9)11(14)4-1-2-6-15-11/h3,5,7,13-14H,1-2,4,6,8H2. The number of pyridine rings is 1. The summed E-state index contributed by atoms with van der Waals surface area (Å²) in [7, 11) is 0. The molecule has 0 saturated carbocycles. The highest BCUT2D eigenvalue weighted by Gasteiger charge is 2.33. The molecule has 1 atom stereocenters. The maximum atomic E-state index is 10.2. The third-order valence-corrected chi connectivity index (χ3v) is 2.66. The zero-order chi connectivity index (χ0) is 10.7. The lowest BCUT2D eigenvalue weighted by Gasteiger charge is -2.31. The van der Waals surface area contributed by atoms with Gasteiger partial charge in [0.25, 0.3) is 0 Å². The van der Waals surface area contributed by atoms with Gasteiger partial charge in [0.15, 0.2) is 0 Å². The van der Waals surface area contributed by atoms with Gasteiger partial charge in [-0.2, -0.15) is 0 Å². The Kier molecular flexibility index (Phi) is 3.00. The monoisotopic (exact) mass is 209 g/mol. The molecule has 0 bridgehead atoms. The summed E-state index contributed by atoms with van der Waals surface area (Å²) < 4.78 is 5.36. The average Bonchev–Trinajstić information content (AvgIpc) is 2.30. The van der Waals surface area contributed by atoms with Gasteiger partial charge in [0.2, 0.25) is 5.79 Å². The van der Waals surface area contributed by atoms with Crippen molar-refractivity contribution in [2.24, 2.45) is 0 Å². The SMILES string of the molecule is OCc1ccnc(C2(O)CCCCO2)c1. The summed E-state index contributed by atoms with van der Waals surface area (Å²) in [5, 5.41) is 19.2. The second-order valence-corrected chi connectivity index (χ2v) is 3.80. The van der Waals surface area contributed by atoms with E-state index in [4.69, 9.17) is 9.84 Å². The molecule has 1 unspecified atom stereocenters. The van der Waals surface area contributed by atoms with Crippen LogP contribution < -0.4 is 0 Å². The van der Waals surface area contributed by atoms with Gasteiger partial charge in [-0.1, -0.05) is 0 Å². The largest absolute Gasteiger partial charge is 0.392 e. The minimum atomic E-state index is -1.26. The molecule has 1 aromatic heterocycles. The van der Waals surface area contributed by atoms with Crippen molar-refractivity contribution in [3.63, 3.8) is 0 Å². The second-order valence-electron chi connectivity index (χ2n) is 3.80. The van der Waals surface area contributed by atoms with Crippen molar-refractivity contribution >= 4 is 0 Å². The molecule has 4 nitrogen and oxygen atoms in total. The first kappa shape index (κ1) is 10.5. The highest BCUT2D eigenvalue weighted by atomic mass is 16.6. The maximum Gasteiger partial charge on any atom is 0.209 e. The van der Waals surface area contributed by atoms with E-state index in [1.165, 1.54) is 0 Å². The van der Waals surface area contributed by atoms with Crippen LogP contribution >= 0.6 is 0 Å². The number of rotatable bonds is 2. The van der Waals surface area contributed by atoms with E-state index in [9.17, 15) is 5.11 Å². The minimum absolute atomic E-state index is 0.0500. The molecule has 2 N–H and O–H groups in total. The molecule has 1 fully saturated rings. The molecule has 2 heterocycles. The Morgan fingerprint density at radius 2 is 2.33 bits per heavy atom. The van der Waals surface area contributed by atoms with Crippen molar-refractivity contribution in [3.8, 4) is 0 Å². The lowest BCUT2D eigenvalue weighted by atomic mass is 10.0. The van der Waals surface area contributed by atoms with Gasteiger partial charge in [-0.3, -0.25) is 4.98 Å². The molecular formula is C11H15NO3.